The van der Waals surface area contributed by atoms with Crippen LogP contribution in [-0.4, -0.2) is 66.8 Å². The maximum Gasteiger partial charge on any atom is 0.328 e. The van der Waals surface area contributed by atoms with E-state index in [2.05, 4.69) is 5.32 Å². The number of nitrogens with one attached hydrogen (secondary N) is 1. The molecule has 2 unspecified atom stereocenters. The maximum atomic E-state index is 12.2. The number of hydroxylamine groups is 2. The highest BCUT2D eigenvalue weighted by molar-refractivity contribution is 5.79. The summed E-state index contributed by atoms with van der Waals surface area (Å²) in [6, 6.07) is -0.0721. The molecule has 1 fully saturated rings. The average Bonchev–Trinajstić information content (AvgIpc) is 2.48. The second-order valence-electron chi connectivity index (χ2n) is 8.30. The Morgan fingerprint density at radius 1 is 1.19 bits per heavy atom. The van der Waals surface area contributed by atoms with Gasteiger partial charge in [-0.2, -0.15) is 5.06 Å². The van der Waals surface area contributed by atoms with Crippen LogP contribution in [0.25, 0.3) is 0 Å². The van der Waals surface area contributed by atoms with E-state index in [1.807, 2.05) is 27.7 Å². The number of amides is 1. The summed E-state index contributed by atoms with van der Waals surface area (Å²) in [5, 5.41) is 42.5. The summed E-state index contributed by atoms with van der Waals surface area (Å²) in [6.07, 6.45) is 1.42. The van der Waals surface area contributed by atoms with E-state index >= 15 is 0 Å². The monoisotopic (exact) mass is 372 g/mol. The second-order valence-corrected chi connectivity index (χ2v) is 8.30. The molecule has 0 aliphatic carbocycles. The van der Waals surface area contributed by atoms with E-state index in [0.29, 0.717) is 12.8 Å². The molecule has 0 spiro atoms. The minimum Gasteiger partial charge on any atom is -0.478 e. The third-order valence-electron chi connectivity index (χ3n) is 4.68. The fourth-order valence-corrected chi connectivity index (χ4v) is 3.64. The summed E-state index contributed by atoms with van der Waals surface area (Å²) in [5.74, 6) is -1.36. The molecule has 0 aromatic rings. The topological polar surface area (TPSA) is 130 Å². The van der Waals surface area contributed by atoms with Gasteiger partial charge in [-0.05, 0) is 53.0 Å². The number of hydrogen-bond donors (Lipinski definition) is 5. The number of aliphatic hydroxyl groups excluding tert-OH is 2. The van der Waals surface area contributed by atoms with Gasteiger partial charge in [-0.15, -0.1) is 0 Å². The van der Waals surface area contributed by atoms with Crippen molar-refractivity contribution >= 4 is 11.9 Å². The van der Waals surface area contributed by atoms with Crippen molar-refractivity contribution in [1.29, 1.82) is 0 Å². The highest BCUT2D eigenvalue weighted by atomic mass is 16.5. The normalized spacial score (nSPS) is 22.9. The number of nitrogens with zero attached hydrogens (tertiary/aromatic N) is 1. The number of carboxylic acid groups (broad SMARTS) is 1. The number of carbonyl (C=O) groups is 2. The molecular formula is C18H32N2O6. The Balaban J connectivity index is 2.43. The SMILES string of the molecule is CC1(C)CC(NC(=O)CCC(O)CC(O)/C=C/C(=O)O)CC(C)(C)N1O. The minimum absolute atomic E-state index is 0.0278. The lowest BCUT2D eigenvalue weighted by molar-refractivity contribution is -0.246. The molecule has 5 N–H and O–H groups in total. The van der Waals surface area contributed by atoms with E-state index in [1.165, 1.54) is 5.06 Å². The Kier molecular flexibility index (Phi) is 7.76. The van der Waals surface area contributed by atoms with Crippen LogP contribution in [0.4, 0.5) is 0 Å². The molecule has 0 aromatic heterocycles. The Morgan fingerprint density at radius 3 is 2.23 bits per heavy atom. The molecule has 0 radical (unpaired) electrons. The van der Waals surface area contributed by atoms with Gasteiger partial charge in [0.2, 0.25) is 5.91 Å². The molecule has 8 heteroatoms. The summed E-state index contributed by atoms with van der Waals surface area (Å²) in [4.78, 5) is 22.5. The zero-order valence-electron chi connectivity index (χ0n) is 16.0. The Morgan fingerprint density at radius 2 is 1.73 bits per heavy atom. The molecular weight excluding hydrogens is 340 g/mol. The predicted octanol–water partition coefficient (Wildman–Crippen LogP) is 1.05. The van der Waals surface area contributed by atoms with Crippen molar-refractivity contribution in [2.45, 2.75) is 89.1 Å². The number of aliphatic carboxylic acids is 1. The molecule has 1 aliphatic rings. The van der Waals surface area contributed by atoms with E-state index in [1.54, 1.807) is 0 Å². The summed E-state index contributed by atoms with van der Waals surface area (Å²) in [5.41, 5.74) is -0.917. The lowest BCUT2D eigenvalue weighted by Gasteiger charge is -2.51. The Bertz CT molecular complexity index is 514. The number of carbonyl (C=O) groups excluding carboxylic acids is 1. The zero-order chi connectivity index (χ0) is 20.1. The molecule has 1 aliphatic heterocycles. The van der Waals surface area contributed by atoms with E-state index in [4.69, 9.17) is 5.11 Å². The van der Waals surface area contributed by atoms with Gasteiger partial charge in [0.15, 0.2) is 0 Å². The summed E-state index contributed by atoms with van der Waals surface area (Å²) in [6.45, 7) is 7.68. The van der Waals surface area contributed by atoms with Gasteiger partial charge in [-0.1, -0.05) is 0 Å². The standard InChI is InChI=1S/C18H32N2O6/c1-17(2)10-12(11-18(3,4)20(17)26)19-15(23)7-5-13(21)9-14(22)6-8-16(24)25/h6,8,12-14,21-22,26H,5,7,9-11H2,1-4H3,(H,19,23)(H,24,25)/b8-6+. The van der Waals surface area contributed by atoms with Gasteiger partial charge in [0.05, 0.1) is 12.2 Å². The zero-order valence-corrected chi connectivity index (χ0v) is 16.0. The van der Waals surface area contributed by atoms with Crippen LogP contribution in [0, 0.1) is 0 Å². The first-order chi connectivity index (χ1) is 11.8. The minimum atomic E-state index is -1.17. The van der Waals surface area contributed by atoms with E-state index in [-0.39, 0.29) is 31.2 Å². The van der Waals surface area contributed by atoms with Crippen LogP contribution in [0.1, 0.15) is 59.8 Å². The molecule has 1 saturated heterocycles. The van der Waals surface area contributed by atoms with Crippen LogP contribution >= 0.6 is 0 Å². The van der Waals surface area contributed by atoms with E-state index < -0.39 is 29.3 Å². The number of rotatable bonds is 8. The van der Waals surface area contributed by atoms with Gasteiger partial charge < -0.3 is 25.8 Å². The third kappa shape index (κ3) is 7.03. The van der Waals surface area contributed by atoms with Gasteiger partial charge in [0.25, 0.3) is 0 Å². The molecule has 8 nitrogen and oxygen atoms in total. The van der Waals surface area contributed by atoms with Crippen LogP contribution in [0.5, 0.6) is 0 Å². The second kappa shape index (κ2) is 8.94. The number of carboxylic acids is 1. The molecule has 0 aromatic carbocycles. The van der Waals surface area contributed by atoms with Crippen molar-refractivity contribution in [2.24, 2.45) is 0 Å². The number of piperidine rings is 1. The van der Waals surface area contributed by atoms with E-state index in [0.717, 1.165) is 12.2 Å². The molecule has 26 heavy (non-hydrogen) atoms. The van der Waals surface area contributed by atoms with Gasteiger partial charge in [-0.25, -0.2) is 4.79 Å². The van der Waals surface area contributed by atoms with E-state index in [9.17, 15) is 25.0 Å². The first-order valence-corrected chi connectivity index (χ1v) is 8.89. The molecule has 1 rings (SSSR count). The largest absolute Gasteiger partial charge is 0.478 e. The Labute approximate surface area is 154 Å². The smallest absolute Gasteiger partial charge is 0.328 e. The maximum absolute atomic E-state index is 12.2. The van der Waals surface area contributed by atoms with Crippen LogP contribution in [0.2, 0.25) is 0 Å². The summed E-state index contributed by atoms with van der Waals surface area (Å²) < 4.78 is 0. The van der Waals surface area contributed by atoms with Crippen molar-refractivity contribution in [3.8, 4) is 0 Å². The van der Waals surface area contributed by atoms with Gasteiger partial charge in [0.1, 0.15) is 0 Å². The lowest BCUT2D eigenvalue weighted by Crippen LogP contribution is -2.62. The first kappa shape index (κ1) is 22.6. The fourth-order valence-electron chi connectivity index (χ4n) is 3.64. The van der Waals surface area contributed by atoms with Gasteiger partial charge in [-0.3, -0.25) is 4.79 Å². The van der Waals surface area contributed by atoms with Gasteiger partial charge >= 0.3 is 5.97 Å². The molecule has 0 bridgehead atoms. The molecule has 1 amide bonds. The molecule has 0 saturated carbocycles. The van der Waals surface area contributed by atoms with Gasteiger partial charge in [0, 0.05) is 36.0 Å². The molecule has 150 valence electrons. The van der Waals surface area contributed by atoms with Crippen LogP contribution in [-0.2, 0) is 9.59 Å². The average molecular weight is 372 g/mol. The van der Waals surface area contributed by atoms with Crippen molar-refractivity contribution in [3.05, 3.63) is 12.2 Å². The van der Waals surface area contributed by atoms with Crippen molar-refractivity contribution in [2.75, 3.05) is 0 Å². The fraction of sp³-hybridized carbons (Fsp3) is 0.778. The highest BCUT2D eigenvalue weighted by Crippen LogP contribution is 2.36. The molecule has 1 heterocycles. The van der Waals surface area contributed by atoms with Crippen molar-refractivity contribution < 1.29 is 30.1 Å². The van der Waals surface area contributed by atoms with Crippen molar-refractivity contribution in [3.63, 3.8) is 0 Å². The lowest BCUT2D eigenvalue weighted by atomic mass is 9.79. The van der Waals surface area contributed by atoms with Crippen LogP contribution in [0.15, 0.2) is 12.2 Å². The molecule has 2 atom stereocenters. The quantitative estimate of drug-likeness (QED) is 0.403. The third-order valence-corrected chi connectivity index (χ3v) is 4.68. The highest BCUT2D eigenvalue weighted by Gasteiger charge is 2.45. The van der Waals surface area contributed by atoms with Crippen LogP contribution < -0.4 is 5.32 Å². The number of hydrogen-bond acceptors (Lipinski definition) is 6. The first-order valence-electron chi connectivity index (χ1n) is 8.89. The predicted molar refractivity (Wildman–Crippen MR) is 95.6 cm³/mol. The Hall–Kier alpha value is -1.48. The van der Waals surface area contributed by atoms with Crippen molar-refractivity contribution in [1.82, 2.24) is 10.4 Å². The summed E-state index contributed by atoms with van der Waals surface area (Å²) >= 11 is 0. The summed E-state index contributed by atoms with van der Waals surface area (Å²) in [7, 11) is 0. The number of aliphatic hydroxyl groups is 2. The van der Waals surface area contributed by atoms with Crippen LogP contribution in [0.3, 0.4) is 0 Å².